The van der Waals surface area contributed by atoms with Crippen molar-refractivity contribution in [1.82, 2.24) is 26.6 Å². The zero-order valence-corrected chi connectivity index (χ0v) is 23.5. The summed E-state index contributed by atoms with van der Waals surface area (Å²) in [6, 6.07) is 9.88. The fourth-order valence-electron chi connectivity index (χ4n) is 4.46. The van der Waals surface area contributed by atoms with Crippen molar-refractivity contribution >= 4 is 35.4 Å². The van der Waals surface area contributed by atoms with Gasteiger partial charge in [-0.1, -0.05) is 60.7 Å². The van der Waals surface area contributed by atoms with Crippen LogP contribution >= 0.6 is 0 Å². The van der Waals surface area contributed by atoms with Gasteiger partial charge in [0.25, 0.3) is 0 Å². The molecular weight excluding hydrogens is 560 g/mol. The number of benzene rings is 2. The molecule has 2 aromatic carbocycles. The Hall–Kier alpha value is -4.82. The van der Waals surface area contributed by atoms with Crippen LogP contribution in [0, 0.1) is 0 Å². The lowest BCUT2D eigenvalue weighted by atomic mass is 10.0. The maximum atomic E-state index is 13.5. The van der Waals surface area contributed by atoms with Crippen LogP contribution in [0.15, 0.2) is 60.7 Å². The summed E-state index contributed by atoms with van der Waals surface area (Å²) in [5, 5.41) is 32.4. The van der Waals surface area contributed by atoms with E-state index in [1.54, 1.807) is 60.7 Å². The molecule has 1 aliphatic heterocycles. The van der Waals surface area contributed by atoms with Crippen LogP contribution in [0.4, 0.5) is 0 Å². The van der Waals surface area contributed by atoms with Crippen LogP contribution in [0.2, 0.25) is 0 Å². The topological polar surface area (TPSA) is 229 Å². The van der Waals surface area contributed by atoms with E-state index in [2.05, 4.69) is 26.6 Å². The van der Waals surface area contributed by atoms with E-state index < -0.39 is 84.8 Å². The summed E-state index contributed by atoms with van der Waals surface area (Å²) in [5.74, 6) is -5.54. The first-order valence-electron chi connectivity index (χ1n) is 13.7. The van der Waals surface area contributed by atoms with Crippen LogP contribution in [0.3, 0.4) is 0 Å². The van der Waals surface area contributed by atoms with E-state index in [1.807, 2.05) is 0 Å². The Labute approximate surface area is 247 Å². The lowest BCUT2D eigenvalue weighted by Crippen LogP contribution is -2.61. The number of nitrogens with one attached hydrogen (secondary N) is 5. The number of aliphatic hydroxyl groups excluding tert-OH is 2. The second-order valence-corrected chi connectivity index (χ2v) is 10.2. The molecule has 0 radical (unpaired) electrons. The van der Waals surface area contributed by atoms with Gasteiger partial charge in [-0.25, -0.2) is 0 Å². The third-order valence-electron chi connectivity index (χ3n) is 6.75. The second-order valence-electron chi connectivity index (χ2n) is 10.2. The first-order chi connectivity index (χ1) is 20.5. The zero-order chi connectivity index (χ0) is 31.5. The molecule has 14 nitrogen and oxygen atoms in total. The predicted octanol–water partition coefficient (Wildman–Crippen LogP) is -2.84. The summed E-state index contributed by atoms with van der Waals surface area (Å²) < 4.78 is 0. The SMILES string of the molecule is C[C@@H](O)[C@@H]1NC(=O)[C@H](Cc2ccccc2)NC(=O)[C@H](CC(N)=O)NC(=O)[C@H](CO)NC(=O)[C@H](Cc2ccccc2)NC1=O. The molecule has 0 saturated carbocycles. The molecule has 9 N–H and O–H groups in total. The van der Waals surface area contributed by atoms with Crippen molar-refractivity contribution < 1.29 is 39.0 Å². The van der Waals surface area contributed by atoms with Crippen LogP contribution in [0.25, 0.3) is 0 Å². The minimum absolute atomic E-state index is 0.0420. The highest BCUT2D eigenvalue weighted by molar-refractivity contribution is 5.99. The largest absolute Gasteiger partial charge is 0.394 e. The van der Waals surface area contributed by atoms with E-state index in [-0.39, 0.29) is 12.8 Å². The van der Waals surface area contributed by atoms with Crippen LogP contribution in [-0.2, 0) is 41.6 Å². The summed E-state index contributed by atoms with van der Waals surface area (Å²) in [7, 11) is 0. The molecule has 14 heteroatoms. The Morgan fingerprint density at radius 3 is 1.53 bits per heavy atom. The van der Waals surface area contributed by atoms with Crippen molar-refractivity contribution in [3.8, 4) is 0 Å². The zero-order valence-electron chi connectivity index (χ0n) is 23.5. The number of carbonyl (C=O) groups excluding carboxylic acids is 6. The van der Waals surface area contributed by atoms with Crippen molar-refractivity contribution in [3.05, 3.63) is 71.8 Å². The first-order valence-corrected chi connectivity index (χ1v) is 13.7. The van der Waals surface area contributed by atoms with Gasteiger partial charge in [0.1, 0.15) is 30.2 Å². The minimum Gasteiger partial charge on any atom is -0.394 e. The van der Waals surface area contributed by atoms with Gasteiger partial charge in [0.15, 0.2) is 0 Å². The van der Waals surface area contributed by atoms with E-state index in [0.29, 0.717) is 11.1 Å². The summed E-state index contributed by atoms with van der Waals surface area (Å²) in [4.78, 5) is 78.3. The van der Waals surface area contributed by atoms with Crippen molar-refractivity contribution in [2.45, 2.75) is 62.5 Å². The van der Waals surface area contributed by atoms with Crippen molar-refractivity contribution in [3.63, 3.8) is 0 Å². The van der Waals surface area contributed by atoms with Gasteiger partial charge >= 0.3 is 0 Å². The minimum atomic E-state index is -1.58. The van der Waals surface area contributed by atoms with Crippen molar-refractivity contribution in [2.24, 2.45) is 5.73 Å². The third-order valence-corrected chi connectivity index (χ3v) is 6.75. The highest BCUT2D eigenvalue weighted by atomic mass is 16.3. The van der Waals surface area contributed by atoms with E-state index in [4.69, 9.17) is 5.73 Å². The Morgan fingerprint density at radius 1 is 0.674 bits per heavy atom. The number of hydrogen-bond donors (Lipinski definition) is 8. The standard InChI is InChI=1S/C29H36N6O8/c1-16(37)24-29(43)33-19(12-17-8-4-2-5-9-17)25(39)34-22(15-36)28(42)32-21(14-23(30)38)26(40)31-20(27(41)35-24)13-18-10-6-3-7-11-18/h2-11,16,19-22,24,36-37H,12-15H2,1H3,(H2,30,38)(H,31,40)(H,32,42)(H,33,43)(H,34,39)(H,35,41)/t16-,19+,20+,21+,22+,24+/m1/s1. The summed E-state index contributed by atoms with van der Waals surface area (Å²) in [5.41, 5.74) is 6.58. The number of amides is 6. The lowest BCUT2D eigenvalue weighted by molar-refractivity contribution is -0.136. The van der Waals surface area contributed by atoms with Gasteiger partial charge in [-0.05, 0) is 18.1 Å². The Balaban J connectivity index is 2.04. The molecule has 2 aromatic rings. The average Bonchev–Trinajstić information content (AvgIpc) is 2.97. The Bertz CT molecular complexity index is 1310. The normalized spacial score (nSPS) is 24.6. The molecule has 0 unspecified atom stereocenters. The van der Waals surface area contributed by atoms with E-state index in [0.717, 1.165) is 0 Å². The van der Waals surface area contributed by atoms with Gasteiger partial charge in [-0.2, -0.15) is 0 Å². The van der Waals surface area contributed by atoms with Crippen LogP contribution in [0.1, 0.15) is 24.5 Å². The Kier molecular flexibility index (Phi) is 11.7. The number of hydrogen-bond acceptors (Lipinski definition) is 8. The molecule has 3 rings (SSSR count). The molecule has 43 heavy (non-hydrogen) atoms. The summed E-state index contributed by atoms with van der Waals surface area (Å²) in [6.45, 7) is 0.379. The van der Waals surface area contributed by atoms with Gasteiger partial charge in [0.2, 0.25) is 35.4 Å². The molecule has 0 spiro atoms. The molecule has 1 fully saturated rings. The highest BCUT2D eigenvalue weighted by Gasteiger charge is 2.36. The fourth-order valence-corrected chi connectivity index (χ4v) is 4.46. The smallest absolute Gasteiger partial charge is 0.245 e. The predicted molar refractivity (Wildman–Crippen MR) is 153 cm³/mol. The molecule has 6 amide bonds. The molecule has 1 aliphatic rings. The molecule has 230 valence electrons. The average molecular weight is 597 g/mol. The summed E-state index contributed by atoms with van der Waals surface area (Å²) in [6.07, 6.45) is -2.18. The maximum Gasteiger partial charge on any atom is 0.245 e. The van der Waals surface area contributed by atoms with Crippen molar-refractivity contribution in [2.75, 3.05) is 6.61 Å². The van der Waals surface area contributed by atoms with Crippen LogP contribution in [0.5, 0.6) is 0 Å². The van der Waals surface area contributed by atoms with Gasteiger partial charge < -0.3 is 42.5 Å². The van der Waals surface area contributed by atoms with Gasteiger partial charge in [0.05, 0.1) is 19.1 Å². The van der Waals surface area contributed by atoms with E-state index >= 15 is 0 Å². The molecule has 0 bridgehead atoms. The number of carbonyl (C=O) groups is 6. The van der Waals surface area contributed by atoms with Gasteiger partial charge in [0, 0.05) is 12.8 Å². The number of aliphatic hydroxyl groups is 2. The van der Waals surface area contributed by atoms with Crippen LogP contribution < -0.4 is 32.3 Å². The quantitative estimate of drug-likeness (QED) is 0.158. The molecular formula is C29H36N6O8. The summed E-state index contributed by atoms with van der Waals surface area (Å²) >= 11 is 0. The maximum absolute atomic E-state index is 13.5. The van der Waals surface area contributed by atoms with Crippen LogP contribution in [-0.4, -0.2) is 88.6 Å². The lowest BCUT2D eigenvalue weighted by Gasteiger charge is -2.27. The molecule has 0 aromatic heterocycles. The number of primary amides is 1. The number of rotatable bonds is 8. The van der Waals surface area contributed by atoms with Gasteiger partial charge in [-0.15, -0.1) is 0 Å². The monoisotopic (exact) mass is 596 g/mol. The highest BCUT2D eigenvalue weighted by Crippen LogP contribution is 2.09. The molecule has 0 aliphatic carbocycles. The molecule has 6 atom stereocenters. The third kappa shape index (κ3) is 9.61. The Morgan fingerprint density at radius 2 is 1.07 bits per heavy atom. The molecule has 1 heterocycles. The molecule has 1 saturated heterocycles. The second kappa shape index (κ2) is 15.4. The van der Waals surface area contributed by atoms with Crippen molar-refractivity contribution in [1.29, 1.82) is 0 Å². The van der Waals surface area contributed by atoms with E-state index in [1.165, 1.54) is 6.92 Å². The fraction of sp³-hybridized carbons (Fsp3) is 0.379. The number of nitrogens with two attached hydrogens (primary N) is 1. The first kappa shape index (κ1) is 32.7. The van der Waals surface area contributed by atoms with E-state index in [9.17, 15) is 39.0 Å². The van der Waals surface area contributed by atoms with Gasteiger partial charge in [-0.3, -0.25) is 28.8 Å².